The fraction of sp³-hybridized carbons (Fsp3) is 0. The molecule has 5 rings (SSSR count). The maximum atomic E-state index is 5.53. The summed E-state index contributed by atoms with van der Waals surface area (Å²) >= 11 is 7.88. The quantitative estimate of drug-likeness (QED) is 0.187. The van der Waals surface area contributed by atoms with E-state index in [9.17, 15) is 0 Å². The molecule has 0 aliphatic carbocycles. The predicted molar refractivity (Wildman–Crippen MR) is 142 cm³/mol. The molecule has 5 nitrogen and oxygen atoms in total. The fourth-order valence-corrected chi connectivity index (χ4v) is 4.32. The van der Waals surface area contributed by atoms with Crippen LogP contribution in [0.3, 0.4) is 0 Å². The maximum Gasteiger partial charge on any atom is 0.181 e. The zero-order chi connectivity index (χ0) is 21.9. The van der Waals surface area contributed by atoms with Crippen molar-refractivity contribution in [2.24, 2.45) is 0 Å². The Kier molecular flexibility index (Phi) is 5.83. The normalized spacial score (nSPS) is 10.8. The summed E-state index contributed by atoms with van der Waals surface area (Å²) in [5.74, 6) is 0.728. The Morgan fingerprint density at radius 3 is 2.50 bits per heavy atom. The molecule has 0 atom stereocenters. The highest BCUT2D eigenvalue weighted by molar-refractivity contribution is 14.1. The average Bonchev–Trinajstić information content (AvgIpc) is 3.35. The Hall–Kier alpha value is -3.30. The summed E-state index contributed by atoms with van der Waals surface area (Å²) in [6.45, 7) is 0. The molecule has 0 radical (unpaired) electrons. The van der Waals surface area contributed by atoms with Gasteiger partial charge in [-0.1, -0.05) is 24.3 Å². The third-order valence-electron chi connectivity index (χ3n) is 5.01. The molecule has 0 spiro atoms. The first kappa shape index (κ1) is 20.6. The van der Waals surface area contributed by atoms with E-state index in [2.05, 4.69) is 67.5 Å². The number of pyridine rings is 1. The third kappa shape index (κ3) is 4.35. The van der Waals surface area contributed by atoms with E-state index in [1.165, 1.54) is 6.39 Å². The van der Waals surface area contributed by atoms with Gasteiger partial charge in [0.05, 0.1) is 11.9 Å². The van der Waals surface area contributed by atoms with Crippen molar-refractivity contribution in [2.75, 3.05) is 10.6 Å². The summed E-state index contributed by atoms with van der Waals surface area (Å²) in [4.78, 5) is 8.61. The number of hydrogen-bond acceptors (Lipinski definition) is 4. The second-order valence-corrected chi connectivity index (χ2v) is 8.67. The summed E-state index contributed by atoms with van der Waals surface area (Å²) in [6, 6.07) is 24.3. The first-order valence-corrected chi connectivity index (χ1v) is 11.4. The summed E-state index contributed by atoms with van der Waals surface area (Å²) in [7, 11) is 0. The lowest BCUT2D eigenvalue weighted by Gasteiger charge is -2.13. The lowest BCUT2D eigenvalue weighted by molar-refractivity contribution is 0.572. The smallest absolute Gasteiger partial charge is 0.181 e. The van der Waals surface area contributed by atoms with Gasteiger partial charge in [0.25, 0.3) is 0 Å². The molecule has 3 aromatic carbocycles. The minimum Gasteiger partial charge on any atom is -0.444 e. The highest BCUT2D eigenvalue weighted by Gasteiger charge is 2.11. The molecule has 32 heavy (non-hydrogen) atoms. The molecule has 0 fully saturated rings. The molecule has 0 aliphatic heterocycles. The highest BCUT2D eigenvalue weighted by Crippen LogP contribution is 2.32. The number of thiocarbonyl (C=S) groups is 1. The number of aromatic nitrogens is 2. The van der Waals surface area contributed by atoms with Gasteiger partial charge >= 0.3 is 0 Å². The number of anilines is 2. The van der Waals surface area contributed by atoms with Gasteiger partial charge in [-0.15, -0.1) is 0 Å². The number of halogens is 1. The first-order valence-electron chi connectivity index (χ1n) is 9.88. The van der Waals surface area contributed by atoms with Crippen LogP contribution in [0.1, 0.15) is 0 Å². The third-order valence-corrected chi connectivity index (χ3v) is 6.16. The van der Waals surface area contributed by atoms with Gasteiger partial charge in [0, 0.05) is 37.7 Å². The van der Waals surface area contributed by atoms with Crippen molar-refractivity contribution in [1.82, 2.24) is 9.97 Å². The van der Waals surface area contributed by atoms with E-state index < -0.39 is 0 Å². The molecule has 156 valence electrons. The number of benzene rings is 3. The van der Waals surface area contributed by atoms with E-state index in [-0.39, 0.29) is 0 Å². The number of nitrogens with one attached hydrogen (secondary N) is 2. The van der Waals surface area contributed by atoms with E-state index in [1.54, 1.807) is 6.20 Å². The second-order valence-electron chi connectivity index (χ2n) is 7.10. The number of fused-ring (bicyclic) bond motifs is 1. The van der Waals surface area contributed by atoms with Crippen LogP contribution in [0, 0.1) is 3.57 Å². The Morgan fingerprint density at radius 1 is 0.906 bits per heavy atom. The molecule has 2 heterocycles. The lowest BCUT2D eigenvalue weighted by atomic mass is 10.0. The molecular formula is C25H17IN4OS. The number of nitrogens with zero attached hydrogens (tertiary/aromatic N) is 2. The van der Waals surface area contributed by atoms with Crippen molar-refractivity contribution in [1.29, 1.82) is 0 Å². The molecule has 0 unspecified atom stereocenters. The number of rotatable bonds is 4. The molecular weight excluding hydrogens is 531 g/mol. The lowest BCUT2D eigenvalue weighted by Crippen LogP contribution is -2.19. The summed E-state index contributed by atoms with van der Waals surface area (Å²) in [5, 5.41) is 9.30. The minimum atomic E-state index is 0.510. The average molecular weight is 548 g/mol. The van der Waals surface area contributed by atoms with Crippen LogP contribution in [0.4, 0.5) is 11.4 Å². The van der Waals surface area contributed by atoms with Gasteiger partial charge in [-0.05, 0) is 88.7 Å². The number of oxazole rings is 1. The van der Waals surface area contributed by atoms with Gasteiger partial charge in [-0.3, -0.25) is 4.98 Å². The van der Waals surface area contributed by atoms with Crippen LogP contribution in [0.15, 0.2) is 96.0 Å². The predicted octanol–water partition coefficient (Wildman–Crippen LogP) is 6.97. The Balaban J connectivity index is 1.35. The zero-order valence-electron chi connectivity index (χ0n) is 16.7. The standard InChI is InChI=1S/C25H17IN4OS/c26-22-10-9-19(13-21(22)24-20-4-2-1-3-16(20)11-12-28-24)30-25(32)29-18-7-5-17(6-8-18)23-14-27-15-31-23/h1-15H,(H2,29,30,32). The van der Waals surface area contributed by atoms with Crippen molar-refractivity contribution in [3.05, 3.63) is 95.2 Å². The molecule has 0 saturated heterocycles. The second kappa shape index (κ2) is 9.05. The fourth-order valence-electron chi connectivity index (χ4n) is 3.49. The molecule has 5 aromatic rings. The maximum absolute atomic E-state index is 5.53. The topological polar surface area (TPSA) is 63.0 Å². The van der Waals surface area contributed by atoms with E-state index >= 15 is 0 Å². The van der Waals surface area contributed by atoms with E-state index in [0.717, 1.165) is 48.3 Å². The van der Waals surface area contributed by atoms with Crippen molar-refractivity contribution in [2.45, 2.75) is 0 Å². The van der Waals surface area contributed by atoms with Gasteiger partial charge in [-0.25, -0.2) is 4.98 Å². The van der Waals surface area contributed by atoms with Crippen molar-refractivity contribution in [3.63, 3.8) is 0 Å². The van der Waals surface area contributed by atoms with Gasteiger partial charge < -0.3 is 15.1 Å². The largest absolute Gasteiger partial charge is 0.444 e. The summed E-state index contributed by atoms with van der Waals surface area (Å²) in [5.41, 5.74) is 4.75. The van der Waals surface area contributed by atoms with Crippen LogP contribution in [0.25, 0.3) is 33.4 Å². The van der Waals surface area contributed by atoms with E-state index in [1.807, 2.05) is 54.7 Å². The summed E-state index contributed by atoms with van der Waals surface area (Å²) in [6.07, 6.45) is 4.96. The van der Waals surface area contributed by atoms with Crippen molar-refractivity contribution in [3.8, 4) is 22.6 Å². The van der Waals surface area contributed by atoms with E-state index in [0.29, 0.717) is 5.11 Å². The molecule has 0 saturated carbocycles. The minimum absolute atomic E-state index is 0.510. The van der Waals surface area contributed by atoms with Crippen molar-refractivity contribution < 1.29 is 4.42 Å². The molecule has 0 aliphatic rings. The molecule has 2 aromatic heterocycles. The Bertz CT molecular complexity index is 1400. The van der Waals surface area contributed by atoms with Gasteiger partial charge in [0.2, 0.25) is 0 Å². The highest BCUT2D eigenvalue weighted by atomic mass is 127. The summed E-state index contributed by atoms with van der Waals surface area (Å²) < 4.78 is 6.45. The molecule has 7 heteroatoms. The number of hydrogen-bond donors (Lipinski definition) is 2. The molecule has 2 N–H and O–H groups in total. The Labute approximate surface area is 204 Å². The van der Waals surface area contributed by atoms with E-state index in [4.69, 9.17) is 16.6 Å². The first-order chi connectivity index (χ1) is 15.7. The van der Waals surface area contributed by atoms with Crippen LogP contribution in [-0.4, -0.2) is 15.1 Å². The molecule has 0 bridgehead atoms. The SMILES string of the molecule is S=C(Nc1ccc(-c2cnco2)cc1)Nc1ccc(I)c(-c2nccc3ccccc23)c1. The van der Waals surface area contributed by atoms with Crippen molar-refractivity contribution >= 4 is 62.1 Å². The Morgan fingerprint density at radius 2 is 1.69 bits per heavy atom. The van der Waals surface area contributed by atoms with Gasteiger partial charge in [-0.2, -0.15) is 0 Å². The van der Waals surface area contributed by atoms with Crippen LogP contribution in [-0.2, 0) is 0 Å². The zero-order valence-corrected chi connectivity index (χ0v) is 19.7. The van der Waals surface area contributed by atoms with Gasteiger partial charge in [0.1, 0.15) is 0 Å². The monoisotopic (exact) mass is 548 g/mol. The molecule has 0 amide bonds. The van der Waals surface area contributed by atoms with Crippen LogP contribution < -0.4 is 10.6 Å². The van der Waals surface area contributed by atoms with Gasteiger partial charge in [0.15, 0.2) is 17.3 Å². The van der Waals surface area contributed by atoms with Crippen LogP contribution in [0.5, 0.6) is 0 Å². The van der Waals surface area contributed by atoms with Crippen LogP contribution in [0.2, 0.25) is 0 Å². The van der Waals surface area contributed by atoms with Crippen LogP contribution >= 0.6 is 34.8 Å².